The van der Waals surface area contributed by atoms with Gasteiger partial charge in [0.25, 0.3) is 0 Å². The molecule has 4 rings (SSSR count). The highest BCUT2D eigenvalue weighted by Gasteiger charge is 2.26. The second-order valence-electron chi connectivity index (χ2n) is 7.11. The zero-order chi connectivity index (χ0) is 19.0. The fraction of sp³-hybridized carbons (Fsp3) is 0.273. The number of fused-ring (bicyclic) bond motifs is 1. The van der Waals surface area contributed by atoms with Crippen molar-refractivity contribution in [2.24, 2.45) is 0 Å². The summed E-state index contributed by atoms with van der Waals surface area (Å²) in [5.41, 5.74) is 6.35. The number of hydrogen-bond acceptors (Lipinski definition) is 2. The lowest BCUT2D eigenvalue weighted by atomic mass is 10.0. The van der Waals surface area contributed by atoms with Crippen LogP contribution in [-0.4, -0.2) is 27.1 Å². The molecular formula is C22H22FN3O. The Bertz CT molecular complexity index is 974. The normalized spacial score (nSPS) is 13.5. The lowest BCUT2D eigenvalue weighted by Crippen LogP contribution is -2.34. The van der Waals surface area contributed by atoms with Crippen molar-refractivity contribution in [1.82, 2.24) is 14.7 Å². The minimum Gasteiger partial charge on any atom is -0.338 e. The number of halogens is 1. The Balaban J connectivity index is 1.76. The predicted octanol–water partition coefficient (Wildman–Crippen LogP) is 3.95. The largest absolute Gasteiger partial charge is 0.338 e. The lowest BCUT2D eigenvalue weighted by molar-refractivity contribution is -0.129. The Morgan fingerprint density at radius 3 is 2.48 bits per heavy atom. The van der Waals surface area contributed by atoms with Crippen LogP contribution in [0.25, 0.3) is 11.3 Å². The van der Waals surface area contributed by atoms with Crippen molar-refractivity contribution in [2.75, 3.05) is 6.54 Å². The molecule has 2 heterocycles. The first-order valence-corrected chi connectivity index (χ1v) is 9.17. The highest BCUT2D eigenvalue weighted by atomic mass is 19.1. The molecule has 1 amide bonds. The summed E-state index contributed by atoms with van der Waals surface area (Å²) in [6.45, 7) is 5.60. The Morgan fingerprint density at radius 2 is 1.81 bits per heavy atom. The molecule has 0 radical (unpaired) electrons. The average Bonchev–Trinajstić information content (AvgIpc) is 3.02. The van der Waals surface area contributed by atoms with E-state index in [1.165, 1.54) is 23.3 Å². The van der Waals surface area contributed by atoms with E-state index in [0.29, 0.717) is 19.6 Å². The van der Waals surface area contributed by atoms with Crippen molar-refractivity contribution < 1.29 is 9.18 Å². The maximum absolute atomic E-state index is 13.4. The van der Waals surface area contributed by atoms with E-state index in [4.69, 9.17) is 5.10 Å². The number of amides is 1. The monoisotopic (exact) mass is 363 g/mol. The molecule has 1 aliphatic rings. The zero-order valence-corrected chi connectivity index (χ0v) is 15.6. The molecule has 1 aliphatic heterocycles. The third-order valence-electron chi connectivity index (χ3n) is 5.15. The molecule has 1 aromatic heterocycles. The van der Waals surface area contributed by atoms with Gasteiger partial charge in [0.1, 0.15) is 5.82 Å². The summed E-state index contributed by atoms with van der Waals surface area (Å²) in [5.74, 6) is -0.200. The second-order valence-corrected chi connectivity index (χ2v) is 7.11. The molecule has 0 saturated carbocycles. The number of carbonyl (C=O) groups is 1. The highest BCUT2D eigenvalue weighted by Crippen LogP contribution is 2.30. The minimum absolute atomic E-state index is 0.0667. The van der Waals surface area contributed by atoms with E-state index in [0.717, 1.165) is 28.9 Å². The van der Waals surface area contributed by atoms with Gasteiger partial charge in [-0.25, -0.2) is 4.39 Å². The number of aryl methyl sites for hydroxylation is 1. The fourth-order valence-corrected chi connectivity index (χ4v) is 3.60. The van der Waals surface area contributed by atoms with Crippen molar-refractivity contribution in [3.05, 3.63) is 76.7 Å². The van der Waals surface area contributed by atoms with Crippen LogP contribution < -0.4 is 0 Å². The van der Waals surface area contributed by atoms with Crippen molar-refractivity contribution >= 4 is 5.91 Å². The van der Waals surface area contributed by atoms with Gasteiger partial charge in [0, 0.05) is 43.3 Å². The number of hydrogen-bond donors (Lipinski definition) is 0. The van der Waals surface area contributed by atoms with E-state index in [-0.39, 0.29) is 11.7 Å². The standard InChI is InChI=1S/C22H22FN3O/c1-15-3-5-17(6-4-15)13-26-21-11-12-25(16(2)27)14-20(21)22(24-26)18-7-9-19(23)10-8-18/h3-10H,11-14H2,1-2H3. The van der Waals surface area contributed by atoms with Crippen LogP contribution in [-0.2, 0) is 24.3 Å². The van der Waals surface area contributed by atoms with Crippen LogP contribution in [0, 0.1) is 12.7 Å². The molecule has 0 atom stereocenters. The Morgan fingerprint density at radius 1 is 1.11 bits per heavy atom. The van der Waals surface area contributed by atoms with E-state index in [9.17, 15) is 9.18 Å². The van der Waals surface area contributed by atoms with Gasteiger partial charge in [-0.3, -0.25) is 9.48 Å². The first-order chi connectivity index (χ1) is 13.0. The summed E-state index contributed by atoms with van der Waals surface area (Å²) < 4.78 is 15.4. The van der Waals surface area contributed by atoms with Crippen molar-refractivity contribution in [3.8, 4) is 11.3 Å². The van der Waals surface area contributed by atoms with Crippen LogP contribution in [0.4, 0.5) is 4.39 Å². The van der Waals surface area contributed by atoms with Crippen molar-refractivity contribution in [1.29, 1.82) is 0 Å². The molecule has 0 spiro atoms. The SMILES string of the molecule is CC(=O)N1CCc2c(c(-c3ccc(F)cc3)nn2Cc2ccc(C)cc2)C1. The first kappa shape index (κ1) is 17.5. The third-order valence-corrected chi connectivity index (χ3v) is 5.15. The minimum atomic E-state index is -0.267. The maximum atomic E-state index is 13.4. The topological polar surface area (TPSA) is 38.1 Å². The van der Waals surface area contributed by atoms with Gasteiger partial charge in [0.2, 0.25) is 5.91 Å². The molecule has 138 valence electrons. The number of rotatable bonds is 3. The van der Waals surface area contributed by atoms with E-state index in [1.807, 2.05) is 9.58 Å². The number of aromatic nitrogens is 2. The van der Waals surface area contributed by atoms with Crippen molar-refractivity contribution in [2.45, 2.75) is 33.4 Å². The molecule has 5 heteroatoms. The average molecular weight is 363 g/mol. The van der Waals surface area contributed by atoms with E-state index in [1.54, 1.807) is 19.1 Å². The summed E-state index contributed by atoms with van der Waals surface area (Å²) in [6.07, 6.45) is 0.773. The van der Waals surface area contributed by atoms with Crippen LogP contribution >= 0.6 is 0 Å². The van der Waals surface area contributed by atoms with Gasteiger partial charge >= 0.3 is 0 Å². The Labute approximate surface area is 158 Å². The van der Waals surface area contributed by atoms with Crippen LogP contribution in [0.1, 0.15) is 29.3 Å². The Kier molecular flexibility index (Phi) is 4.52. The molecule has 0 fully saturated rings. The molecule has 2 aromatic carbocycles. The van der Waals surface area contributed by atoms with E-state index >= 15 is 0 Å². The van der Waals surface area contributed by atoms with Gasteiger partial charge in [0.05, 0.1) is 12.2 Å². The summed E-state index contributed by atoms with van der Waals surface area (Å²) >= 11 is 0. The van der Waals surface area contributed by atoms with Gasteiger partial charge in [-0.1, -0.05) is 29.8 Å². The van der Waals surface area contributed by atoms with E-state index < -0.39 is 0 Å². The van der Waals surface area contributed by atoms with Crippen molar-refractivity contribution in [3.63, 3.8) is 0 Å². The highest BCUT2D eigenvalue weighted by molar-refractivity contribution is 5.74. The first-order valence-electron chi connectivity index (χ1n) is 9.17. The van der Waals surface area contributed by atoms with Gasteiger partial charge in [-0.05, 0) is 36.8 Å². The molecule has 0 aliphatic carbocycles. The molecular weight excluding hydrogens is 341 g/mol. The summed E-state index contributed by atoms with van der Waals surface area (Å²) in [7, 11) is 0. The molecule has 3 aromatic rings. The zero-order valence-electron chi connectivity index (χ0n) is 15.6. The number of carbonyl (C=O) groups excluding carboxylic acids is 1. The lowest BCUT2D eigenvalue weighted by Gasteiger charge is -2.27. The molecule has 0 saturated heterocycles. The van der Waals surface area contributed by atoms with E-state index in [2.05, 4.69) is 31.2 Å². The Hall–Kier alpha value is -2.95. The van der Waals surface area contributed by atoms with Crippen LogP contribution in [0.15, 0.2) is 48.5 Å². The van der Waals surface area contributed by atoms with Crippen LogP contribution in [0.5, 0.6) is 0 Å². The molecule has 27 heavy (non-hydrogen) atoms. The molecule has 0 bridgehead atoms. The molecule has 0 unspecified atom stereocenters. The quantitative estimate of drug-likeness (QED) is 0.707. The summed E-state index contributed by atoms with van der Waals surface area (Å²) in [5, 5.41) is 4.86. The predicted molar refractivity (Wildman–Crippen MR) is 103 cm³/mol. The molecule has 0 N–H and O–H groups in total. The van der Waals surface area contributed by atoms with Crippen LogP contribution in [0.3, 0.4) is 0 Å². The number of benzene rings is 2. The van der Waals surface area contributed by atoms with Gasteiger partial charge in [-0.2, -0.15) is 5.10 Å². The number of nitrogens with zero attached hydrogens (tertiary/aromatic N) is 3. The van der Waals surface area contributed by atoms with Gasteiger partial charge in [0.15, 0.2) is 0 Å². The van der Waals surface area contributed by atoms with Gasteiger partial charge in [-0.15, -0.1) is 0 Å². The summed E-state index contributed by atoms with van der Waals surface area (Å²) in [4.78, 5) is 13.7. The van der Waals surface area contributed by atoms with Crippen LogP contribution in [0.2, 0.25) is 0 Å². The van der Waals surface area contributed by atoms with Gasteiger partial charge < -0.3 is 4.90 Å². The smallest absolute Gasteiger partial charge is 0.219 e. The molecule has 4 nitrogen and oxygen atoms in total. The third kappa shape index (κ3) is 3.50. The maximum Gasteiger partial charge on any atom is 0.219 e. The summed E-state index contributed by atoms with van der Waals surface area (Å²) in [6, 6.07) is 14.8. The second kappa shape index (κ2) is 6.99. The fourth-order valence-electron chi connectivity index (χ4n) is 3.60.